The summed E-state index contributed by atoms with van der Waals surface area (Å²) in [7, 11) is 1.37. The summed E-state index contributed by atoms with van der Waals surface area (Å²) in [5.74, 6) is 0.370. The van der Waals surface area contributed by atoms with E-state index in [1.54, 1.807) is 17.9 Å². The van der Waals surface area contributed by atoms with Crippen LogP contribution in [0.4, 0.5) is 0 Å². The number of benzene rings is 2. The predicted octanol–water partition coefficient (Wildman–Crippen LogP) is 3.13. The molecule has 174 valence electrons. The minimum absolute atomic E-state index is 0.0187. The molecule has 2 amide bonds. The summed E-state index contributed by atoms with van der Waals surface area (Å²) in [6.07, 6.45) is 1.88. The van der Waals surface area contributed by atoms with Crippen molar-refractivity contribution in [1.82, 2.24) is 10.2 Å². The average molecular weight is 451 g/mol. The number of esters is 1. The summed E-state index contributed by atoms with van der Waals surface area (Å²) in [6.45, 7) is 5.25. The number of aryl methyl sites for hydroxylation is 1. The third-order valence-electron chi connectivity index (χ3n) is 6.48. The molecule has 0 saturated carbocycles. The van der Waals surface area contributed by atoms with Gasteiger partial charge in [0, 0.05) is 37.9 Å². The number of rotatable bonds is 5. The molecule has 0 radical (unpaired) electrons. The van der Waals surface area contributed by atoms with Gasteiger partial charge in [0.2, 0.25) is 11.8 Å². The number of amides is 2. The highest BCUT2D eigenvalue weighted by Crippen LogP contribution is 2.41. The molecule has 2 aromatic rings. The van der Waals surface area contributed by atoms with Crippen LogP contribution in [0.25, 0.3) is 11.1 Å². The third kappa shape index (κ3) is 4.87. The summed E-state index contributed by atoms with van der Waals surface area (Å²) >= 11 is 0. The largest absolute Gasteiger partial charge is 0.487 e. The highest BCUT2D eigenvalue weighted by atomic mass is 16.5. The molecule has 0 aliphatic carbocycles. The van der Waals surface area contributed by atoms with Crippen LogP contribution in [0.1, 0.15) is 41.3 Å². The van der Waals surface area contributed by atoms with Crippen molar-refractivity contribution in [1.29, 1.82) is 0 Å². The number of hydrogen-bond donors (Lipinski definition) is 1. The molecule has 2 aliphatic rings. The van der Waals surface area contributed by atoms with Crippen LogP contribution in [-0.4, -0.2) is 55.5 Å². The van der Waals surface area contributed by atoms with Gasteiger partial charge in [0.25, 0.3) is 0 Å². The number of carbonyl (C=O) groups excluding carboxylic acids is 3. The molecule has 7 heteroatoms. The molecular formula is C26H30N2O5. The van der Waals surface area contributed by atoms with Gasteiger partial charge >= 0.3 is 5.97 Å². The summed E-state index contributed by atoms with van der Waals surface area (Å²) in [6, 6.07) is 11.5. The van der Waals surface area contributed by atoms with Gasteiger partial charge in [-0.05, 0) is 48.6 Å². The molecule has 4 rings (SSSR count). The molecule has 1 fully saturated rings. The fourth-order valence-corrected chi connectivity index (χ4v) is 4.73. The molecule has 0 bridgehead atoms. The van der Waals surface area contributed by atoms with Gasteiger partial charge in [0.05, 0.1) is 19.2 Å². The van der Waals surface area contributed by atoms with Crippen LogP contribution < -0.4 is 10.1 Å². The molecule has 7 nitrogen and oxygen atoms in total. The van der Waals surface area contributed by atoms with Crippen LogP contribution in [-0.2, 0) is 20.7 Å². The maximum atomic E-state index is 12.7. The standard InChI is InChI=1S/C26H30N2O5/c1-16-12-19-14-20(15-27-25(30)18-8-10-28(11-9-18)17(2)29)33-24(19)23(13-16)21-6-4-5-7-22(21)26(31)32-3/h4-7,12-13,18,20H,8-11,14-15H2,1-3H3,(H,27,30). The van der Waals surface area contributed by atoms with Gasteiger partial charge in [-0.25, -0.2) is 4.79 Å². The van der Waals surface area contributed by atoms with Crippen LogP contribution >= 0.6 is 0 Å². The average Bonchev–Trinajstić information content (AvgIpc) is 3.24. The second-order valence-electron chi connectivity index (χ2n) is 8.81. The number of piperidine rings is 1. The van der Waals surface area contributed by atoms with Crippen molar-refractivity contribution in [2.75, 3.05) is 26.7 Å². The molecule has 0 aromatic heterocycles. The Hall–Kier alpha value is -3.35. The minimum atomic E-state index is -0.390. The van der Waals surface area contributed by atoms with Crippen molar-refractivity contribution in [3.8, 4) is 16.9 Å². The lowest BCUT2D eigenvalue weighted by molar-refractivity contribution is -0.134. The van der Waals surface area contributed by atoms with E-state index in [4.69, 9.17) is 9.47 Å². The maximum absolute atomic E-state index is 12.7. The summed E-state index contributed by atoms with van der Waals surface area (Å²) in [4.78, 5) is 38.3. The number of nitrogens with one attached hydrogen (secondary N) is 1. The van der Waals surface area contributed by atoms with Crippen molar-refractivity contribution in [3.05, 3.63) is 53.1 Å². The van der Waals surface area contributed by atoms with Crippen molar-refractivity contribution in [2.45, 2.75) is 39.2 Å². The van der Waals surface area contributed by atoms with E-state index in [1.807, 2.05) is 31.2 Å². The SMILES string of the molecule is COC(=O)c1ccccc1-c1cc(C)cc2c1OC(CNC(=O)C1CCN(C(C)=O)CC1)C2. The van der Waals surface area contributed by atoms with Crippen molar-refractivity contribution >= 4 is 17.8 Å². The van der Waals surface area contributed by atoms with Gasteiger partial charge in [0.15, 0.2) is 0 Å². The van der Waals surface area contributed by atoms with Crippen LogP contribution in [0.5, 0.6) is 5.75 Å². The third-order valence-corrected chi connectivity index (χ3v) is 6.48. The topological polar surface area (TPSA) is 84.9 Å². The van der Waals surface area contributed by atoms with E-state index < -0.39 is 5.97 Å². The Balaban J connectivity index is 1.45. The number of carbonyl (C=O) groups is 3. The lowest BCUT2D eigenvalue weighted by Gasteiger charge is -2.30. The molecular weight excluding hydrogens is 420 g/mol. The number of ether oxygens (including phenoxy) is 2. The Bertz CT molecular complexity index is 1070. The zero-order valence-corrected chi connectivity index (χ0v) is 19.3. The summed E-state index contributed by atoms with van der Waals surface area (Å²) in [5.41, 5.74) is 4.26. The molecule has 2 aliphatic heterocycles. The molecule has 2 heterocycles. The number of likely N-dealkylation sites (tertiary alicyclic amines) is 1. The maximum Gasteiger partial charge on any atom is 0.338 e. The number of fused-ring (bicyclic) bond motifs is 1. The lowest BCUT2D eigenvalue weighted by atomic mass is 9.94. The van der Waals surface area contributed by atoms with Crippen molar-refractivity contribution < 1.29 is 23.9 Å². The quantitative estimate of drug-likeness (QED) is 0.708. The Morgan fingerprint density at radius 1 is 1.12 bits per heavy atom. The van der Waals surface area contributed by atoms with Crippen LogP contribution in [0.3, 0.4) is 0 Å². The Labute approximate surface area is 194 Å². The molecule has 1 atom stereocenters. The predicted molar refractivity (Wildman–Crippen MR) is 124 cm³/mol. The highest BCUT2D eigenvalue weighted by Gasteiger charge is 2.30. The van der Waals surface area contributed by atoms with Gasteiger partial charge < -0.3 is 19.7 Å². The molecule has 33 heavy (non-hydrogen) atoms. The zero-order chi connectivity index (χ0) is 23.5. The van der Waals surface area contributed by atoms with Crippen LogP contribution in [0.15, 0.2) is 36.4 Å². The molecule has 1 unspecified atom stereocenters. The second kappa shape index (κ2) is 9.65. The number of nitrogens with zero attached hydrogens (tertiary/aromatic N) is 1. The first-order chi connectivity index (χ1) is 15.9. The Morgan fingerprint density at radius 2 is 1.85 bits per heavy atom. The monoisotopic (exact) mass is 450 g/mol. The number of methoxy groups -OCH3 is 1. The highest BCUT2D eigenvalue weighted by molar-refractivity contribution is 5.98. The number of hydrogen-bond acceptors (Lipinski definition) is 5. The zero-order valence-electron chi connectivity index (χ0n) is 19.3. The molecule has 1 saturated heterocycles. The minimum Gasteiger partial charge on any atom is -0.487 e. The normalized spacial score (nSPS) is 17.8. The fraction of sp³-hybridized carbons (Fsp3) is 0.423. The van der Waals surface area contributed by atoms with E-state index in [-0.39, 0.29) is 23.8 Å². The van der Waals surface area contributed by atoms with Gasteiger partial charge in [-0.15, -0.1) is 0 Å². The van der Waals surface area contributed by atoms with E-state index in [1.165, 1.54) is 7.11 Å². The first-order valence-electron chi connectivity index (χ1n) is 11.4. The van der Waals surface area contributed by atoms with Crippen molar-refractivity contribution in [3.63, 3.8) is 0 Å². The molecule has 0 spiro atoms. The fourth-order valence-electron chi connectivity index (χ4n) is 4.73. The van der Waals surface area contributed by atoms with Gasteiger partial charge in [-0.3, -0.25) is 9.59 Å². The van der Waals surface area contributed by atoms with E-state index in [2.05, 4.69) is 11.4 Å². The first kappa shape index (κ1) is 22.8. The van der Waals surface area contributed by atoms with Crippen LogP contribution in [0.2, 0.25) is 0 Å². The Morgan fingerprint density at radius 3 is 2.55 bits per heavy atom. The summed E-state index contributed by atoms with van der Waals surface area (Å²) < 4.78 is 11.2. The van der Waals surface area contributed by atoms with Crippen molar-refractivity contribution in [2.24, 2.45) is 5.92 Å². The van der Waals surface area contributed by atoms with E-state index in [0.717, 1.165) is 28.0 Å². The summed E-state index contributed by atoms with van der Waals surface area (Å²) in [5, 5.41) is 3.04. The van der Waals surface area contributed by atoms with Gasteiger partial charge in [-0.2, -0.15) is 0 Å². The molecule has 2 aromatic carbocycles. The molecule has 1 N–H and O–H groups in total. The lowest BCUT2D eigenvalue weighted by Crippen LogP contribution is -2.44. The van der Waals surface area contributed by atoms with E-state index >= 15 is 0 Å². The van der Waals surface area contributed by atoms with Gasteiger partial charge in [-0.1, -0.05) is 24.3 Å². The van der Waals surface area contributed by atoms with Crippen LogP contribution in [0, 0.1) is 12.8 Å². The Kier molecular flexibility index (Phi) is 6.67. The smallest absolute Gasteiger partial charge is 0.338 e. The van der Waals surface area contributed by atoms with E-state index in [9.17, 15) is 14.4 Å². The van der Waals surface area contributed by atoms with E-state index in [0.29, 0.717) is 44.5 Å². The van der Waals surface area contributed by atoms with Gasteiger partial charge in [0.1, 0.15) is 11.9 Å². The second-order valence-corrected chi connectivity index (χ2v) is 8.81. The first-order valence-corrected chi connectivity index (χ1v) is 11.4.